The summed E-state index contributed by atoms with van der Waals surface area (Å²) in [6, 6.07) is 6.57. The van der Waals surface area contributed by atoms with Gasteiger partial charge in [0.15, 0.2) is 23.2 Å². The van der Waals surface area contributed by atoms with E-state index in [0.717, 1.165) is 18.9 Å². The van der Waals surface area contributed by atoms with Crippen LogP contribution >= 0.6 is 0 Å². The van der Waals surface area contributed by atoms with Gasteiger partial charge in [-0.15, -0.1) is 0 Å². The van der Waals surface area contributed by atoms with Gasteiger partial charge in [0.05, 0.1) is 0 Å². The average Bonchev–Trinajstić information content (AvgIpc) is 3.21. The summed E-state index contributed by atoms with van der Waals surface area (Å²) in [6.07, 6.45) is 1.79. The largest absolute Gasteiger partial charge is 0.504 e. The van der Waals surface area contributed by atoms with E-state index in [4.69, 9.17) is 0 Å². The predicted octanol–water partition coefficient (Wildman–Crippen LogP) is 4.35. The minimum absolute atomic E-state index is 0.0288. The fraction of sp³-hybridized carbons (Fsp3) is 0.200. The summed E-state index contributed by atoms with van der Waals surface area (Å²) in [5.74, 6) is -3.32. The molecule has 0 radical (unpaired) electrons. The van der Waals surface area contributed by atoms with Crippen LogP contribution in [0.5, 0.6) is 5.75 Å². The van der Waals surface area contributed by atoms with Crippen LogP contribution in [0.2, 0.25) is 0 Å². The van der Waals surface area contributed by atoms with Crippen molar-refractivity contribution in [1.82, 2.24) is 0 Å². The van der Waals surface area contributed by atoms with Crippen molar-refractivity contribution in [3.05, 3.63) is 53.3 Å². The van der Waals surface area contributed by atoms with Crippen LogP contribution in [0.1, 0.15) is 24.3 Å². The van der Waals surface area contributed by atoms with E-state index in [0.29, 0.717) is 5.56 Å². The third-order valence-electron chi connectivity index (χ3n) is 3.40. The van der Waals surface area contributed by atoms with E-state index < -0.39 is 23.2 Å². The summed E-state index contributed by atoms with van der Waals surface area (Å²) in [4.78, 5) is 0. The fourth-order valence-corrected chi connectivity index (χ4v) is 2.22. The van der Waals surface area contributed by atoms with E-state index in [1.165, 1.54) is 24.3 Å². The first-order chi connectivity index (χ1) is 9.09. The number of hydrogen-bond acceptors (Lipinski definition) is 1. The first-order valence-electron chi connectivity index (χ1n) is 6.05. The molecular formula is C15H11F3O. The van der Waals surface area contributed by atoms with Gasteiger partial charge in [-0.1, -0.05) is 24.3 Å². The Balaban J connectivity index is 2.15. The normalized spacial score (nSPS) is 14.7. The smallest absolute Gasteiger partial charge is 0.168 e. The van der Waals surface area contributed by atoms with Gasteiger partial charge >= 0.3 is 0 Å². The lowest BCUT2D eigenvalue weighted by Crippen LogP contribution is -1.94. The van der Waals surface area contributed by atoms with Crippen LogP contribution in [0.3, 0.4) is 0 Å². The maximum Gasteiger partial charge on any atom is 0.168 e. The fourth-order valence-electron chi connectivity index (χ4n) is 2.22. The molecule has 1 saturated carbocycles. The molecule has 0 spiro atoms. The van der Waals surface area contributed by atoms with Gasteiger partial charge in [0.25, 0.3) is 0 Å². The second-order valence-electron chi connectivity index (χ2n) is 4.74. The Morgan fingerprint density at radius 2 is 1.63 bits per heavy atom. The van der Waals surface area contributed by atoms with E-state index >= 15 is 0 Å². The van der Waals surface area contributed by atoms with Crippen LogP contribution in [0.4, 0.5) is 13.2 Å². The highest BCUT2D eigenvalue weighted by Gasteiger charge is 2.29. The van der Waals surface area contributed by atoms with E-state index in [-0.39, 0.29) is 17.0 Å². The number of rotatable bonds is 2. The molecule has 1 aliphatic rings. The van der Waals surface area contributed by atoms with Crippen LogP contribution in [0, 0.1) is 17.5 Å². The van der Waals surface area contributed by atoms with Crippen molar-refractivity contribution in [2.45, 2.75) is 18.8 Å². The van der Waals surface area contributed by atoms with Gasteiger partial charge in [-0.3, -0.25) is 0 Å². The second-order valence-corrected chi connectivity index (χ2v) is 4.74. The number of phenols is 1. The Morgan fingerprint density at radius 3 is 2.32 bits per heavy atom. The molecule has 0 aliphatic heterocycles. The summed E-state index contributed by atoms with van der Waals surface area (Å²) in [6.45, 7) is 0. The Morgan fingerprint density at radius 1 is 0.895 bits per heavy atom. The monoisotopic (exact) mass is 264 g/mol. The third kappa shape index (κ3) is 1.97. The molecule has 19 heavy (non-hydrogen) atoms. The molecule has 1 nitrogen and oxygen atoms in total. The molecule has 0 aromatic heterocycles. The summed E-state index contributed by atoms with van der Waals surface area (Å²) >= 11 is 0. The van der Waals surface area contributed by atoms with Crippen molar-refractivity contribution >= 4 is 0 Å². The lowest BCUT2D eigenvalue weighted by molar-refractivity contribution is 0.430. The molecule has 2 aromatic rings. The second kappa shape index (κ2) is 4.30. The molecule has 0 heterocycles. The van der Waals surface area contributed by atoms with Gasteiger partial charge in [-0.2, -0.15) is 0 Å². The predicted molar refractivity (Wildman–Crippen MR) is 65.4 cm³/mol. The summed E-state index contributed by atoms with van der Waals surface area (Å²) in [5, 5.41) is 9.86. The first kappa shape index (κ1) is 12.1. The molecule has 0 amide bonds. The van der Waals surface area contributed by atoms with Crippen molar-refractivity contribution in [2.75, 3.05) is 0 Å². The molecule has 0 saturated heterocycles. The van der Waals surface area contributed by atoms with Crippen molar-refractivity contribution < 1.29 is 18.3 Å². The van der Waals surface area contributed by atoms with Gasteiger partial charge in [0, 0.05) is 11.1 Å². The van der Waals surface area contributed by atoms with Crippen molar-refractivity contribution in [2.24, 2.45) is 0 Å². The van der Waals surface area contributed by atoms with Crippen LogP contribution in [0.15, 0.2) is 30.3 Å². The van der Waals surface area contributed by atoms with Crippen molar-refractivity contribution in [3.8, 4) is 16.9 Å². The minimum atomic E-state index is -1.09. The number of benzene rings is 2. The average molecular weight is 264 g/mol. The quantitative estimate of drug-likeness (QED) is 0.854. The lowest BCUT2D eigenvalue weighted by atomic mass is 9.99. The standard InChI is InChI=1S/C15H11F3O/c16-12-3-1-2-10(13(12)17)11-7-6-9(8-4-5-8)14(18)15(11)19/h1-3,6-8,19H,4-5H2. The highest BCUT2D eigenvalue weighted by molar-refractivity contribution is 5.71. The van der Waals surface area contributed by atoms with Crippen LogP contribution in [-0.4, -0.2) is 5.11 Å². The summed E-state index contributed by atoms with van der Waals surface area (Å²) < 4.78 is 40.8. The van der Waals surface area contributed by atoms with Gasteiger partial charge in [-0.05, 0) is 30.4 Å². The molecule has 1 fully saturated rings. The zero-order valence-corrected chi connectivity index (χ0v) is 9.96. The molecule has 2 aromatic carbocycles. The van der Waals surface area contributed by atoms with Crippen LogP contribution in [0.25, 0.3) is 11.1 Å². The van der Waals surface area contributed by atoms with Crippen molar-refractivity contribution in [3.63, 3.8) is 0 Å². The van der Waals surface area contributed by atoms with E-state index in [1.54, 1.807) is 0 Å². The van der Waals surface area contributed by atoms with Gasteiger partial charge in [0.2, 0.25) is 0 Å². The molecule has 1 N–H and O–H groups in total. The molecule has 1 aliphatic carbocycles. The summed E-state index contributed by atoms with van der Waals surface area (Å²) in [7, 11) is 0. The maximum absolute atomic E-state index is 14.0. The number of halogens is 3. The topological polar surface area (TPSA) is 20.2 Å². The molecule has 98 valence electrons. The lowest BCUT2D eigenvalue weighted by Gasteiger charge is -2.10. The molecule has 4 heteroatoms. The summed E-state index contributed by atoms with van der Waals surface area (Å²) in [5.41, 5.74) is 0.274. The molecule has 0 bridgehead atoms. The zero-order valence-electron chi connectivity index (χ0n) is 9.96. The van der Waals surface area contributed by atoms with Crippen molar-refractivity contribution in [1.29, 1.82) is 0 Å². The van der Waals surface area contributed by atoms with E-state index in [2.05, 4.69) is 0 Å². The van der Waals surface area contributed by atoms with Crippen LogP contribution < -0.4 is 0 Å². The molecule has 3 rings (SSSR count). The van der Waals surface area contributed by atoms with E-state index in [1.807, 2.05) is 0 Å². The molecule has 0 unspecified atom stereocenters. The SMILES string of the molecule is Oc1c(-c2cccc(F)c2F)ccc(C2CC2)c1F. The first-order valence-corrected chi connectivity index (χ1v) is 6.05. The maximum atomic E-state index is 14.0. The minimum Gasteiger partial charge on any atom is -0.504 e. The Labute approximate surface area is 108 Å². The van der Waals surface area contributed by atoms with Crippen LogP contribution in [-0.2, 0) is 0 Å². The molecular weight excluding hydrogens is 253 g/mol. The van der Waals surface area contributed by atoms with E-state index in [9.17, 15) is 18.3 Å². The van der Waals surface area contributed by atoms with Gasteiger partial charge < -0.3 is 5.11 Å². The third-order valence-corrected chi connectivity index (χ3v) is 3.40. The zero-order chi connectivity index (χ0) is 13.6. The Kier molecular flexibility index (Phi) is 2.73. The molecule has 0 atom stereocenters. The highest BCUT2D eigenvalue weighted by atomic mass is 19.2. The van der Waals surface area contributed by atoms with Gasteiger partial charge in [0.1, 0.15) is 0 Å². The number of phenolic OH excluding ortho intramolecular Hbond substituents is 1. The highest BCUT2D eigenvalue weighted by Crippen LogP contribution is 2.45. The Hall–Kier alpha value is -1.97. The van der Waals surface area contributed by atoms with Gasteiger partial charge in [-0.25, -0.2) is 13.2 Å². The Bertz CT molecular complexity index is 648. The number of hydrogen-bond donors (Lipinski definition) is 1. The number of aromatic hydroxyl groups is 1.